The van der Waals surface area contributed by atoms with E-state index in [1.54, 1.807) is 6.08 Å². The molecule has 1 aromatic carbocycles. The van der Waals surface area contributed by atoms with Gasteiger partial charge in [0, 0.05) is 55.2 Å². The van der Waals surface area contributed by atoms with Gasteiger partial charge in [-0.1, -0.05) is 60.7 Å². The van der Waals surface area contributed by atoms with Gasteiger partial charge >= 0.3 is 0 Å². The van der Waals surface area contributed by atoms with Crippen LogP contribution in [0.1, 0.15) is 56.9 Å². The van der Waals surface area contributed by atoms with Crippen LogP contribution in [-0.4, -0.2) is 55.1 Å². The van der Waals surface area contributed by atoms with Gasteiger partial charge in [0.2, 0.25) is 0 Å². The minimum absolute atomic E-state index is 0.591. The van der Waals surface area contributed by atoms with Crippen LogP contribution < -0.4 is 4.90 Å². The highest BCUT2D eigenvalue weighted by Gasteiger charge is 2.26. The van der Waals surface area contributed by atoms with Gasteiger partial charge in [-0.05, 0) is 94.2 Å². The standard InChI is InChI=1S/C32H44ClN3.C2H2/c1-2-13-29(33)26-31-14-8-6-4-3-5-7-9-23-36(31)27-32-15-12-24-35(32)25-20-28-16-18-30(19-17-28)34-21-10-11-22-34;1-2/h2-3,5,7,9,13,16-19,26,32H,1,4,6,8,10-12,14-15,20-25,27H2;1-2H/b5-3-,9-7-,29-13+,31-26+;. The number of hydrogen-bond donors (Lipinski definition) is 0. The highest BCUT2D eigenvalue weighted by molar-refractivity contribution is 6.31. The molecule has 38 heavy (non-hydrogen) atoms. The zero-order chi connectivity index (χ0) is 27.0. The predicted octanol–water partition coefficient (Wildman–Crippen LogP) is 7.72. The first-order valence-corrected chi connectivity index (χ1v) is 14.8. The molecule has 0 aromatic heterocycles. The molecule has 1 unspecified atom stereocenters. The lowest BCUT2D eigenvalue weighted by Crippen LogP contribution is -2.41. The number of likely N-dealkylation sites (tertiary alicyclic amines) is 1. The van der Waals surface area contributed by atoms with Crippen molar-refractivity contribution in [1.82, 2.24) is 9.80 Å². The van der Waals surface area contributed by atoms with E-state index in [-0.39, 0.29) is 0 Å². The smallest absolute Gasteiger partial charge is 0.0423 e. The molecular weight excluding hydrogens is 486 g/mol. The first kappa shape index (κ1) is 29.9. The molecule has 3 nitrogen and oxygen atoms in total. The number of benzene rings is 1. The van der Waals surface area contributed by atoms with Crippen LogP contribution in [0.25, 0.3) is 0 Å². The van der Waals surface area contributed by atoms with Crippen LogP contribution in [0.4, 0.5) is 5.69 Å². The Labute approximate surface area is 237 Å². The van der Waals surface area contributed by atoms with Crippen molar-refractivity contribution in [3.05, 3.63) is 89.7 Å². The minimum Gasteiger partial charge on any atom is -0.372 e. The van der Waals surface area contributed by atoms with Crippen LogP contribution in [0.2, 0.25) is 0 Å². The van der Waals surface area contributed by atoms with Crippen LogP contribution in [0.3, 0.4) is 0 Å². The topological polar surface area (TPSA) is 9.72 Å². The fourth-order valence-corrected chi connectivity index (χ4v) is 5.95. The Morgan fingerprint density at radius 3 is 2.50 bits per heavy atom. The molecule has 3 aliphatic heterocycles. The first-order chi connectivity index (χ1) is 18.7. The highest BCUT2D eigenvalue weighted by Crippen LogP contribution is 2.25. The summed E-state index contributed by atoms with van der Waals surface area (Å²) in [5.41, 5.74) is 4.20. The van der Waals surface area contributed by atoms with Gasteiger partial charge in [-0.15, -0.1) is 12.8 Å². The van der Waals surface area contributed by atoms with E-state index in [2.05, 4.69) is 88.8 Å². The summed E-state index contributed by atoms with van der Waals surface area (Å²) in [5, 5.41) is 0.766. The van der Waals surface area contributed by atoms with Gasteiger partial charge in [-0.25, -0.2) is 0 Å². The SMILES string of the molecule is C#C.C=C/C=C(Cl)\C=C1/CCCC/C=C\C=C/CN1CC1CCCN1CCc1ccc(N2CCCC2)cc1. The molecule has 4 rings (SSSR count). The van der Waals surface area contributed by atoms with Crippen LogP contribution in [0.5, 0.6) is 0 Å². The zero-order valence-electron chi connectivity index (χ0n) is 23.1. The Hall–Kier alpha value is -2.67. The third kappa shape index (κ3) is 9.57. The maximum Gasteiger partial charge on any atom is 0.0423 e. The fourth-order valence-electron chi connectivity index (χ4n) is 5.73. The Balaban J connectivity index is 0.00000195. The van der Waals surface area contributed by atoms with Crippen molar-refractivity contribution in [3.63, 3.8) is 0 Å². The van der Waals surface area contributed by atoms with Gasteiger partial charge < -0.3 is 9.80 Å². The molecule has 0 bridgehead atoms. The Bertz CT molecular complexity index is 979. The lowest BCUT2D eigenvalue weighted by atomic mass is 10.1. The fraction of sp³-hybridized carbons (Fsp3) is 0.471. The summed E-state index contributed by atoms with van der Waals surface area (Å²) in [5.74, 6) is 0. The summed E-state index contributed by atoms with van der Waals surface area (Å²) in [6.07, 6.45) is 33.8. The van der Waals surface area contributed by atoms with Gasteiger partial charge in [-0.2, -0.15) is 0 Å². The van der Waals surface area contributed by atoms with Crippen molar-refractivity contribution in [2.24, 2.45) is 0 Å². The van der Waals surface area contributed by atoms with E-state index in [1.807, 2.05) is 6.08 Å². The molecule has 0 spiro atoms. The number of allylic oxidation sites excluding steroid dienone is 8. The first-order valence-electron chi connectivity index (χ1n) is 14.4. The van der Waals surface area contributed by atoms with Crippen LogP contribution in [0.15, 0.2) is 84.1 Å². The number of anilines is 1. The maximum atomic E-state index is 6.54. The van der Waals surface area contributed by atoms with Crippen molar-refractivity contribution < 1.29 is 0 Å². The summed E-state index contributed by atoms with van der Waals surface area (Å²) in [6, 6.07) is 9.94. The van der Waals surface area contributed by atoms with Crippen LogP contribution >= 0.6 is 11.6 Å². The monoisotopic (exact) mass is 531 g/mol. The van der Waals surface area contributed by atoms with Gasteiger partial charge in [0.1, 0.15) is 0 Å². The average Bonchev–Trinajstić information content (AvgIpc) is 3.63. The van der Waals surface area contributed by atoms with E-state index in [9.17, 15) is 0 Å². The van der Waals surface area contributed by atoms with E-state index >= 15 is 0 Å². The van der Waals surface area contributed by atoms with Gasteiger partial charge in [0.25, 0.3) is 0 Å². The summed E-state index contributed by atoms with van der Waals surface area (Å²) >= 11 is 6.54. The molecular formula is C34H46ClN3. The molecule has 0 amide bonds. The normalized spacial score (nSPS) is 23.9. The van der Waals surface area contributed by atoms with Gasteiger partial charge in [0.15, 0.2) is 0 Å². The van der Waals surface area contributed by atoms with E-state index < -0.39 is 0 Å². The average molecular weight is 532 g/mol. The third-order valence-corrected chi connectivity index (χ3v) is 8.01. The van der Waals surface area contributed by atoms with Gasteiger partial charge in [0.05, 0.1) is 0 Å². The molecule has 1 atom stereocenters. The highest BCUT2D eigenvalue weighted by atomic mass is 35.5. The zero-order valence-corrected chi connectivity index (χ0v) is 23.9. The van der Waals surface area contributed by atoms with Crippen LogP contribution in [-0.2, 0) is 6.42 Å². The molecule has 3 aliphatic rings. The molecule has 3 heterocycles. The Morgan fingerprint density at radius 1 is 0.974 bits per heavy atom. The number of halogens is 1. The Morgan fingerprint density at radius 2 is 1.74 bits per heavy atom. The van der Waals surface area contributed by atoms with E-state index in [4.69, 9.17) is 11.6 Å². The molecule has 4 heteroatoms. The summed E-state index contributed by atoms with van der Waals surface area (Å²) < 4.78 is 0. The van der Waals surface area contributed by atoms with Crippen molar-refractivity contribution in [2.75, 3.05) is 44.2 Å². The molecule has 0 aliphatic carbocycles. The molecule has 204 valence electrons. The van der Waals surface area contributed by atoms with E-state index in [0.717, 1.165) is 43.9 Å². The molecule has 2 saturated heterocycles. The summed E-state index contributed by atoms with van der Waals surface area (Å²) in [7, 11) is 0. The number of rotatable bonds is 8. The predicted molar refractivity (Wildman–Crippen MR) is 167 cm³/mol. The van der Waals surface area contributed by atoms with E-state index in [0.29, 0.717) is 6.04 Å². The summed E-state index contributed by atoms with van der Waals surface area (Å²) in [4.78, 5) is 7.81. The molecule has 2 fully saturated rings. The largest absolute Gasteiger partial charge is 0.372 e. The number of terminal acetylenes is 1. The van der Waals surface area contributed by atoms with Crippen LogP contribution in [0, 0.1) is 12.8 Å². The second kappa shape index (κ2) is 17.0. The van der Waals surface area contributed by atoms with Crippen molar-refractivity contribution in [2.45, 2.75) is 63.8 Å². The summed E-state index contributed by atoms with van der Waals surface area (Å²) in [6.45, 7) is 10.6. The number of nitrogens with zero attached hydrogens (tertiary/aromatic N) is 3. The molecule has 0 saturated carbocycles. The lowest BCUT2D eigenvalue weighted by Gasteiger charge is -2.33. The third-order valence-electron chi connectivity index (χ3n) is 7.78. The second-order valence-electron chi connectivity index (χ2n) is 10.4. The number of hydrogen-bond acceptors (Lipinski definition) is 3. The minimum atomic E-state index is 0.591. The molecule has 0 radical (unpaired) electrons. The molecule has 0 N–H and O–H groups in total. The second-order valence-corrected chi connectivity index (χ2v) is 10.8. The maximum absolute atomic E-state index is 6.54. The van der Waals surface area contributed by atoms with E-state index in [1.165, 1.54) is 75.1 Å². The Kier molecular flexibility index (Phi) is 13.4. The quantitative estimate of drug-likeness (QED) is 0.251. The van der Waals surface area contributed by atoms with Crippen molar-refractivity contribution in [1.29, 1.82) is 0 Å². The molecule has 1 aromatic rings. The van der Waals surface area contributed by atoms with Crippen molar-refractivity contribution >= 4 is 17.3 Å². The lowest BCUT2D eigenvalue weighted by molar-refractivity contribution is 0.202. The van der Waals surface area contributed by atoms with Crippen molar-refractivity contribution in [3.8, 4) is 12.8 Å². The van der Waals surface area contributed by atoms with Gasteiger partial charge in [-0.3, -0.25) is 4.90 Å².